The van der Waals surface area contributed by atoms with Gasteiger partial charge >= 0.3 is 0 Å². The molecule has 17 heavy (non-hydrogen) atoms. The molecule has 0 saturated heterocycles. The second-order valence-electron chi connectivity index (χ2n) is 3.33. The van der Waals surface area contributed by atoms with Gasteiger partial charge in [0.25, 0.3) is 5.91 Å². The Morgan fingerprint density at radius 3 is 2.76 bits per heavy atom. The number of nitrogens with one attached hydrogen (secondary N) is 1. The predicted octanol–water partition coefficient (Wildman–Crippen LogP) is 3.24. The number of halogens is 2. The molecule has 5 heteroatoms. The van der Waals surface area contributed by atoms with Crippen molar-refractivity contribution in [3.63, 3.8) is 0 Å². The number of amides is 1. The average Bonchev–Trinajstić information content (AvgIpc) is 2.29. The molecule has 1 aromatic heterocycles. The van der Waals surface area contributed by atoms with E-state index in [0.29, 0.717) is 5.69 Å². The van der Waals surface area contributed by atoms with Crippen LogP contribution in [0.25, 0.3) is 0 Å². The predicted molar refractivity (Wildman–Crippen MR) is 66.3 cm³/mol. The summed E-state index contributed by atoms with van der Waals surface area (Å²) in [5.41, 5.74) is 0.514. The number of nitrogens with zero attached hydrogens (tertiary/aromatic N) is 1. The van der Waals surface area contributed by atoms with Crippen LogP contribution in [-0.2, 0) is 0 Å². The summed E-state index contributed by atoms with van der Waals surface area (Å²) in [5, 5.41) is 2.57. The number of carbonyl (C=O) groups is 1. The van der Waals surface area contributed by atoms with E-state index in [1.54, 1.807) is 18.3 Å². The van der Waals surface area contributed by atoms with Gasteiger partial charge in [0.05, 0.1) is 17.4 Å². The number of carbonyl (C=O) groups excluding carboxylic acids is 1. The highest BCUT2D eigenvalue weighted by Gasteiger charge is 2.10. The van der Waals surface area contributed by atoms with Crippen LogP contribution in [0.4, 0.5) is 10.1 Å². The van der Waals surface area contributed by atoms with E-state index in [9.17, 15) is 9.18 Å². The Balaban J connectivity index is 2.20. The zero-order chi connectivity index (χ0) is 12.3. The van der Waals surface area contributed by atoms with Crippen LogP contribution in [0.3, 0.4) is 0 Å². The molecule has 0 saturated carbocycles. The topological polar surface area (TPSA) is 42.0 Å². The van der Waals surface area contributed by atoms with Gasteiger partial charge in [0.2, 0.25) is 0 Å². The van der Waals surface area contributed by atoms with Gasteiger partial charge in [-0.15, -0.1) is 0 Å². The van der Waals surface area contributed by atoms with E-state index in [2.05, 4.69) is 26.2 Å². The first kappa shape index (κ1) is 11.7. The fourth-order valence-electron chi connectivity index (χ4n) is 1.32. The fourth-order valence-corrected chi connectivity index (χ4v) is 1.69. The third-order valence-electron chi connectivity index (χ3n) is 2.08. The van der Waals surface area contributed by atoms with E-state index < -0.39 is 11.7 Å². The van der Waals surface area contributed by atoms with Crippen molar-refractivity contribution in [2.24, 2.45) is 0 Å². The Kier molecular flexibility index (Phi) is 3.49. The number of rotatable bonds is 2. The maximum atomic E-state index is 13.3. The van der Waals surface area contributed by atoms with E-state index in [0.717, 1.165) is 4.47 Å². The Labute approximate surface area is 106 Å². The summed E-state index contributed by atoms with van der Waals surface area (Å²) in [6, 6.07) is 7.50. The average molecular weight is 295 g/mol. The maximum absolute atomic E-state index is 13.3. The van der Waals surface area contributed by atoms with Crippen molar-refractivity contribution in [2.45, 2.75) is 0 Å². The van der Waals surface area contributed by atoms with Gasteiger partial charge in [0.1, 0.15) is 5.82 Å². The Bertz CT molecular complexity index is 560. The van der Waals surface area contributed by atoms with Crippen molar-refractivity contribution in [3.8, 4) is 0 Å². The molecular weight excluding hydrogens is 287 g/mol. The van der Waals surface area contributed by atoms with Gasteiger partial charge in [-0.25, -0.2) is 4.39 Å². The first-order valence-electron chi connectivity index (χ1n) is 4.83. The zero-order valence-corrected chi connectivity index (χ0v) is 10.2. The summed E-state index contributed by atoms with van der Waals surface area (Å²) in [7, 11) is 0. The summed E-state index contributed by atoms with van der Waals surface area (Å²) < 4.78 is 14.1. The van der Waals surface area contributed by atoms with Crippen LogP contribution >= 0.6 is 15.9 Å². The highest BCUT2D eigenvalue weighted by Crippen LogP contribution is 2.15. The summed E-state index contributed by atoms with van der Waals surface area (Å²) >= 11 is 3.23. The number of hydrogen-bond donors (Lipinski definition) is 1. The largest absolute Gasteiger partial charge is 0.320 e. The molecule has 86 valence electrons. The zero-order valence-electron chi connectivity index (χ0n) is 8.65. The third kappa shape index (κ3) is 2.88. The van der Waals surface area contributed by atoms with E-state index in [1.165, 1.54) is 24.4 Å². The molecule has 0 aliphatic carbocycles. The lowest BCUT2D eigenvalue weighted by atomic mass is 10.2. The standard InChI is InChI=1S/C12H8BrFN2O/c13-8-5-9(7-15-6-8)16-12(17)10-3-1-2-4-11(10)14/h1-7H,(H,16,17). The molecule has 0 spiro atoms. The van der Waals surface area contributed by atoms with Gasteiger partial charge in [0.15, 0.2) is 0 Å². The number of benzene rings is 1. The lowest BCUT2D eigenvalue weighted by Crippen LogP contribution is -2.13. The maximum Gasteiger partial charge on any atom is 0.258 e. The van der Waals surface area contributed by atoms with E-state index >= 15 is 0 Å². The molecule has 2 aromatic rings. The highest BCUT2D eigenvalue weighted by atomic mass is 79.9. The number of pyridine rings is 1. The number of aromatic nitrogens is 1. The first-order valence-corrected chi connectivity index (χ1v) is 5.62. The molecule has 0 aliphatic rings. The van der Waals surface area contributed by atoms with E-state index in [-0.39, 0.29) is 5.56 Å². The second kappa shape index (κ2) is 5.05. The van der Waals surface area contributed by atoms with E-state index in [1.807, 2.05) is 0 Å². The van der Waals surface area contributed by atoms with Crippen LogP contribution in [0.5, 0.6) is 0 Å². The van der Waals surface area contributed by atoms with Crippen molar-refractivity contribution in [3.05, 3.63) is 58.6 Å². The minimum atomic E-state index is -0.548. The monoisotopic (exact) mass is 294 g/mol. The summed E-state index contributed by atoms with van der Waals surface area (Å²) in [6.45, 7) is 0. The van der Waals surface area contributed by atoms with Crippen molar-refractivity contribution >= 4 is 27.5 Å². The molecule has 0 fully saturated rings. The molecule has 0 bridgehead atoms. The van der Waals surface area contributed by atoms with Crippen LogP contribution in [0.1, 0.15) is 10.4 Å². The minimum absolute atomic E-state index is 0.00692. The molecule has 0 atom stereocenters. The lowest BCUT2D eigenvalue weighted by Gasteiger charge is -2.05. The van der Waals surface area contributed by atoms with Crippen LogP contribution in [-0.4, -0.2) is 10.9 Å². The number of hydrogen-bond acceptors (Lipinski definition) is 2. The first-order chi connectivity index (χ1) is 8.16. The smallest absolute Gasteiger partial charge is 0.258 e. The lowest BCUT2D eigenvalue weighted by molar-refractivity contribution is 0.102. The summed E-state index contributed by atoms with van der Waals surface area (Å²) in [6.07, 6.45) is 3.09. The minimum Gasteiger partial charge on any atom is -0.320 e. The Morgan fingerprint density at radius 2 is 2.06 bits per heavy atom. The molecule has 0 radical (unpaired) electrons. The van der Waals surface area contributed by atoms with Crippen molar-refractivity contribution in [2.75, 3.05) is 5.32 Å². The molecule has 1 N–H and O–H groups in total. The summed E-state index contributed by atoms with van der Waals surface area (Å²) in [5.74, 6) is -1.05. The quantitative estimate of drug-likeness (QED) is 0.924. The van der Waals surface area contributed by atoms with Crippen molar-refractivity contribution < 1.29 is 9.18 Å². The molecule has 0 unspecified atom stereocenters. The third-order valence-corrected chi connectivity index (χ3v) is 2.51. The van der Waals surface area contributed by atoms with Gasteiger partial charge in [-0.1, -0.05) is 12.1 Å². The molecular formula is C12H8BrFN2O. The Morgan fingerprint density at radius 1 is 1.29 bits per heavy atom. The van der Waals surface area contributed by atoms with Crippen molar-refractivity contribution in [1.82, 2.24) is 4.98 Å². The fraction of sp³-hybridized carbons (Fsp3) is 0. The molecule has 1 aromatic carbocycles. The normalized spacial score (nSPS) is 10.0. The van der Waals surface area contributed by atoms with Gasteiger partial charge in [-0.05, 0) is 34.1 Å². The second-order valence-corrected chi connectivity index (χ2v) is 4.24. The van der Waals surface area contributed by atoms with Crippen LogP contribution in [0, 0.1) is 5.82 Å². The molecule has 0 aliphatic heterocycles. The molecule has 2 rings (SSSR count). The van der Waals surface area contributed by atoms with Crippen LogP contribution in [0.2, 0.25) is 0 Å². The Hall–Kier alpha value is -1.75. The van der Waals surface area contributed by atoms with Crippen LogP contribution < -0.4 is 5.32 Å². The molecule has 3 nitrogen and oxygen atoms in total. The van der Waals surface area contributed by atoms with Crippen LogP contribution in [0.15, 0.2) is 47.2 Å². The molecule has 1 heterocycles. The van der Waals surface area contributed by atoms with Crippen molar-refractivity contribution in [1.29, 1.82) is 0 Å². The van der Waals surface area contributed by atoms with Gasteiger partial charge in [0, 0.05) is 10.7 Å². The van der Waals surface area contributed by atoms with Gasteiger partial charge in [-0.3, -0.25) is 9.78 Å². The number of anilines is 1. The summed E-state index contributed by atoms with van der Waals surface area (Å²) in [4.78, 5) is 15.7. The SMILES string of the molecule is O=C(Nc1cncc(Br)c1)c1ccccc1F. The highest BCUT2D eigenvalue weighted by molar-refractivity contribution is 9.10. The van der Waals surface area contributed by atoms with Gasteiger partial charge in [-0.2, -0.15) is 0 Å². The molecule has 1 amide bonds. The van der Waals surface area contributed by atoms with Gasteiger partial charge < -0.3 is 5.32 Å². The van der Waals surface area contributed by atoms with E-state index in [4.69, 9.17) is 0 Å².